The van der Waals surface area contributed by atoms with Crippen LogP contribution in [0, 0.1) is 17.6 Å². The molecule has 3 rings (SSSR count). The normalized spacial score (nSPS) is 15.0. The minimum atomic E-state index is -0.724. The third-order valence-electron chi connectivity index (χ3n) is 4.69. The van der Waals surface area contributed by atoms with Crippen LogP contribution in [0.25, 0.3) is 0 Å². The second-order valence-corrected chi connectivity index (χ2v) is 6.71. The lowest BCUT2D eigenvalue weighted by Crippen LogP contribution is -2.32. The van der Waals surface area contributed by atoms with Crippen molar-refractivity contribution in [2.75, 3.05) is 35.2 Å². The minimum absolute atomic E-state index is 0.219. The molecule has 1 aliphatic heterocycles. The molecule has 0 radical (unpaired) electrons. The number of hydrogen-bond acceptors (Lipinski definition) is 3. The lowest BCUT2D eigenvalue weighted by Gasteiger charge is -2.32. The molecule has 0 saturated carbocycles. The van der Waals surface area contributed by atoms with Gasteiger partial charge in [-0.3, -0.25) is 4.79 Å². The average Bonchev–Trinajstić information content (AvgIpc) is 2.63. The molecule has 0 bridgehead atoms. The van der Waals surface area contributed by atoms with E-state index in [0.717, 1.165) is 36.8 Å². The number of amides is 1. The van der Waals surface area contributed by atoms with Gasteiger partial charge >= 0.3 is 0 Å². The Kier molecular flexibility index (Phi) is 5.71. The smallest absolute Gasteiger partial charge is 0.243 e. The molecule has 0 atom stereocenters. The predicted molar refractivity (Wildman–Crippen MR) is 101 cm³/mol. The molecule has 26 heavy (non-hydrogen) atoms. The van der Waals surface area contributed by atoms with Crippen LogP contribution in [0.4, 0.5) is 25.8 Å². The number of halogens is 2. The molecule has 2 aromatic carbocycles. The van der Waals surface area contributed by atoms with Crippen molar-refractivity contribution in [1.82, 2.24) is 0 Å². The highest BCUT2D eigenvalue weighted by Gasteiger charge is 2.16. The molecule has 4 nitrogen and oxygen atoms in total. The van der Waals surface area contributed by atoms with Crippen molar-refractivity contribution in [3.63, 3.8) is 0 Å². The molecule has 2 N–H and O–H groups in total. The van der Waals surface area contributed by atoms with Crippen LogP contribution in [0.1, 0.15) is 19.8 Å². The highest BCUT2D eigenvalue weighted by molar-refractivity contribution is 5.93. The van der Waals surface area contributed by atoms with Crippen molar-refractivity contribution in [3.8, 4) is 0 Å². The Hall–Kier alpha value is -2.63. The van der Waals surface area contributed by atoms with E-state index in [1.54, 1.807) is 0 Å². The Morgan fingerprint density at radius 3 is 2.31 bits per heavy atom. The van der Waals surface area contributed by atoms with Crippen molar-refractivity contribution >= 4 is 23.0 Å². The number of para-hydroxylation sites is 1. The van der Waals surface area contributed by atoms with Gasteiger partial charge in [-0.1, -0.05) is 13.0 Å². The summed E-state index contributed by atoms with van der Waals surface area (Å²) < 4.78 is 27.1. The number of benzene rings is 2. The van der Waals surface area contributed by atoms with Crippen LogP contribution in [0.5, 0.6) is 0 Å². The largest absolute Gasteiger partial charge is 0.372 e. The monoisotopic (exact) mass is 359 g/mol. The van der Waals surface area contributed by atoms with E-state index in [4.69, 9.17) is 0 Å². The van der Waals surface area contributed by atoms with Crippen molar-refractivity contribution in [1.29, 1.82) is 0 Å². The molecule has 1 amide bonds. The van der Waals surface area contributed by atoms with Crippen LogP contribution >= 0.6 is 0 Å². The standard InChI is InChI=1S/C20H23F2N3O/c1-14-9-11-25(12-10-14)16-7-5-15(6-8-16)24-19(26)13-23-20-17(21)3-2-4-18(20)22/h2-8,14,23H,9-13H2,1H3,(H,24,26). The molecular weight excluding hydrogens is 336 g/mol. The summed E-state index contributed by atoms with van der Waals surface area (Å²) >= 11 is 0. The maximum Gasteiger partial charge on any atom is 0.243 e. The van der Waals surface area contributed by atoms with Gasteiger partial charge in [0, 0.05) is 24.5 Å². The van der Waals surface area contributed by atoms with Crippen molar-refractivity contribution in [2.24, 2.45) is 5.92 Å². The van der Waals surface area contributed by atoms with Crippen LogP contribution in [0.2, 0.25) is 0 Å². The number of piperidine rings is 1. The Bertz CT molecular complexity index is 736. The fourth-order valence-corrected chi connectivity index (χ4v) is 3.06. The Morgan fingerprint density at radius 1 is 1.08 bits per heavy atom. The fraction of sp³-hybridized carbons (Fsp3) is 0.350. The Morgan fingerprint density at radius 2 is 1.69 bits per heavy atom. The summed E-state index contributed by atoms with van der Waals surface area (Å²) in [7, 11) is 0. The van der Waals surface area contributed by atoms with Gasteiger partial charge in [-0.2, -0.15) is 0 Å². The molecule has 1 saturated heterocycles. The second kappa shape index (κ2) is 8.17. The Labute approximate surface area is 152 Å². The molecule has 138 valence electrons. The third kappa shape index (κ3) is 4.50. The van der Waals surface area contributed by atoms with Gasteiger partial charge in [-0.05, 0) is 55.2 Å². The number of carbonyl (C=O) groups is 1. The first-order chi connectivity index (χ1) is 12.5. The first-order valence-corrected chi connectivity index (χ1v) is 8.85. The first kappa shape index (κ1) is 18.2. The van der Waals surface area contributed by atoms with E-state index in [-0.39, 0.29) is 18.1 Å². The summed E-state index contributed by atoms with van der Waals surface area (Å²) in [5.41, 5.74) is 1.50. The summed E-state index contributed by atoms with van der Waals surface area (Å²) in [6.07, 6.45) is 2.38. The summed E-state index contributed by atoms with van der Waals surface area (Å²) in [4.78, 5) is 14.3. The molecular formula is C20H23F2N3O. The topological polar surface area (TPSA) is 44.4 Å². The van der Waals surface area contributed by atoms with Crippen LogP contribution in [0.15, 0.2) is 42.5 Å². The number of rotatable bonds is 5. The van der Waals surface area contributed by atoms with E-state index < -0.39 is 11.6 Å². The van der Waals surface area contributed by atoms with E-state index >= 15 is 0 Å². The molecule has 1 heterocycles. The van der Waals surface area contributed by atoms with Crippen LogP contribution in [0.3, 0.4) is 0 Å². The average molecular weight is 359 g/mol. The number of carbonyl (C=O) groups excluding carboxylic acids is 1. The van der Waals surface area contributed by atoms with Gasteiger partial charge in [0.2, 0.25) is 5.91 Å². The molecule has 1 fully saturated rings. The van der Waals surface area contributed by atoms with Crippen molar-refractivity contribution in [2.45, 2.75) is 19.8 Å². The lowest BCUT2D eigenvalue weighted by atomic mass is 9.99. The van der Waals surface area contributed by atoms with Gasteiger partial charge in [0.05, 0.1) is 6.54 Å². The van der Waals surface area contributed by atoms with Gasteiger partial charge in [0.15, 0.2) is 0 Å². The quantitative estimate of drug-likeness (QED) is 0.839. The third-order valence-corrected chi connectivity index (χ3v) is 4.69. The SMILES string of the molecule is CC1CCN(c2ccc(NC(=O)CNc3c(F)cccc3F)cc2)CC1. The van der Waals surface area contributed by atoms with Crippen molar-refractivity contribution < 1.29 is 13.6 Å². The van der Waals surface area contributed by atoms with Gasteiger partial charge < -0.3 is 15.5 Å². The first-order valence-electron chi connectivity index (χ1n) is 8.85. The maximum absolute atomic E-state index is 13.5. The number of nitrogens with one attached hydrogen (secondary N) is 2. The predicted octanol–water partition coefficient (Wildman–Crippen LogP) is 4.25. The molecule has 0 aromatic heterocycles. The zero-order valence-corrected chi connectivity index (χ0v) is 14.8. The van der Waals surface area contributed by atoms with Gasteiger partial charge in [-0.25, -0.2) is 8.78 Å². The molecule has 0 aliphatic carbocycles. The zero-order chi connectivity index (χ0) is 18.5. The van der Waals surface area contributed by atoms with Crippen molar-refractivity contribution in [3.05, 3.63) is 54.1 Å². The highest BCUT2D eigenvalue weighted by atomic mass is 19.1. The summed E-state index contributed by atoms with van der Waals surface area (Å²) in [6.45, 7) is 4.15. The van der Waals surface area contributed by atoms with E-state index in [0.29, 0.717) is 5.69 Å². The van der Waals surface area contributed by atoms with Gasteiger partial charge in [-0.15, -0.1) is 0 Å². The molecule has 0 unspecified atom stereocenters. The lowest BCUT2D eigenvalue weighted by molar-refractivity contribution is -0.114. The van der Waals surface area contributed by atoms with Gasteiger partial charge in [0.25, 0.3) is 0 Å². The molecule has 0 spiro atoms. The van der Waals surface area contributed by atoms with E-state index in [2.05, 4.69) is 22.5 Å². The maximum atomic E-state index is 13.5. The Balaban J connectivity index is 1.53. The zero-order valence-electron chi connectivity index (χ0n) is 14.8. The minimum Gasteiger partial charge on any atom is -0.372 e. The van der Waals surface area contributed by atoms with Crippen LogP contribution in [-0.2, 0) is 4.79 Å². The molecule has 2 aromatic rings. The highest BCUT2D eigenvalue weighted by Crippen LogP contribution is 2.24. The van der Waals surface area contributed by atoms with Crippen LogP contribution < -0.4 is 15.5 Å². The summed E-state index contributed by atoms with van der Waals surface area (Å²) in [5.74, 6) is -1.04. The number of hydrogen-bond donors (Lipinski definition) is 2. The van der Waals surface area contributed by atoms with Gasteiger partial charge in [0.1, 0.15) is 17.3 Å². The molecule has 1 aliphatic rings. The van der Waals surface area contributed by atoms with Crippen LogP contribution in [-0.4, -0.2) is 25.5 Å². The molecule has 6 heteroatoms. The number of nitrogens with zero attached hydrogens (tertiary/aromatic N) is 1. The summed E-state index contributed by atoms with van der Waals surface area (Å²) in [5, 5.41) is 5.22. The number of anilines is 3. The second-order valence-electron chi connectivity index (χ2n) is 6.71. The van der Waals surface area contributed by atoms with E-state index in [9.17, 15) is 13.6 Å². The van der Waals surface area contributed by atoms with E-state index in [1.807, 2.05) is 24.3 Å². The fourth-order valence-electron chi connectivity index (χ4n) is 3.06. The summed E-state index contributed by atoms with van der Waals surface area (Å²) in [6, 6.07) is 11.2. The van der Waals surface area contributed by atoms with E-state index in [1.165, 1.54) is 18.9 Å².